The van der Waals surface area contributed by atoms with Crippen LogP contribution in [0.25, 0.3) is 0 Å². The monoisotopic (exact) mass is 186 g/mol. The Bertz CT molecular complexity index is 46.3. The predicted molar refractivity (Wildman–Crippen MR) is 31.9 cm³/mol. The molecular weight excluding hydrogens is 173 g/mol. The molecule has 0 bridgehead atoms. The molecule has 0 aromatic carbocycles. The summed E-state index contributed by atoms with van der Waals surface area (Å²) in [5.74, 6) is 0.786. The van der Waals surface area contributed by atoms with Crippen molar-refractivity contribution in [3.8, 4) is 0 Å². The van der Waals surface area contributed by atoms with Crippen LogP contribution >= 0.6 is 0 Å². The zero-order chi connectivity index (χ0) is 5.11. The summed E-state index contributed by atoms with van der Waals surface area (Å²) < 4.78 is 0. The van der Waals surface area contributed by atoms with Gasteiger partial charge in [0.15, 0.2) is 0 Å². The predicted octanol–water partition coefficient (Wildman–Crippen LogP) is 2.40. The molecule has 1 saturated carbocycles. The Balaban J connectivity index is 0.000000490. The van der Waals surface area contributed by atoms with E-state index in [-0.39, 0.29) is 32.7 Å². The van der Waals surface area contributed by atoms with Crippen LogP contribution in [0.2, 0.25) is 0 Å². The summed E-state index contributed by atoms with van der Waals surface area (Å²) in [6, 6.07) is 0. The van der Waals surface area contributed by atoms with E-state index in [1.807, 2.05) is 0 Å². The topological polar surface area (TPSA) is 0 Å². The van der Waals surface area contributed by atoms with Crippen LogP contribution in [0.3, 0.4) is 0 Å². The van der Waals surface area contributed by atoms with Gasteiger partial charge in [-0.1, -0.05) is 32.1 Å². The maximum atomic E-state index is 4.00. The van der Waals surface area contributed by atoms with Crippen molar-refractivity contribution >= 4 is 0 Å². The summed E-state index contributed by atoms with van der Waals surface area (Å²) in [5, 5.41) is 0. The van der Waals surface area contributed by atoms with E-state index in [0.717, 1.165) is 5.92 Å². The van der Waals surface area contributed by atoms with Gasteiger partial charge in [-0.05, 0) is 0 Å². The minimum Gasteiger partial charge on any atom is -0.340 e. The standard InChI is InChI=1S/C7H13.Y/c1-7-5-3-2-4-6-7;/h7H,1-6H2;/q-1;. The molecule has 0 unspecified atom stereocenters. The zero-order valence-corrected chi connectivity index (χ0v) is 8.24. The van der Waals surface area contributed by atoms with Crippen LogP contribution in [0.1, 0.15) is 32.1 Å². The first kappa shape index (κ1) is 9.10. The second-order valence-electron chi connectivity index (χ2n) is 2.50. The summed E-state index contributed by atoms with van der Waals surface area (Å²) in [6.45, 7) is 4.00. The van der Waals surface area contributed by atoms with Crippen molar-refractivity contribution in [2.45, 2.75) is 32.1 Å². The van der Waals surface area contributed by atoms with Crippen LogP contribution in [0, 0.1) is 12.8 Å². The van der Waals surface area contributed by atoms with Gasteiger partial charge in [-0.3, -0.25) is 0 Å². The molecule has 0 nitrogen and oxygen atoms in total. The van der Waals surface area contributed by atoms with Gasteiger partial charge in [-0.2, -0.15) is 5.92 Å². The van der Waals surface area contributed by atoms with Crippen molar-refractivity contribution in [1.82, 2.24) is 0 Å². The van der Waals surface area contributed by atoms with Gasteiger partial charge in [-0.25, -0.2) is 0 Å². The molecule has 0 heterocycles. The van der Waals surface area contributed by atoms with Crippen LogP contribution in [0.5, 0.6) is 0 Å². The van der Waals surface area contributed by atoms with Crippen molar-refractivity contribution in [3.05, 3.63) is 6.92 Å². The quantitative estimate of drug-likeness (QED) is 0.509. The number of rotatable bonds is 0. The van der Waals surface area contributed by atoms with Crippen LogP contribution in [0.4, 0.5) is 0 Å². The largest absolute Gasteiger partial charge is 0.340 e. The van der Waals surface area contributed by atoms with Gasteiger partial charge >= 0.3 is 0 Å². The molecule has 0 spiro atoms. The minimum atomic E-state index is 0. The molecule has 1 aliphatic rings. The minimum absolute atomic E-state index is 0. The first-order valence-electron chi connectivity index (χ1n) is 3.22. The third-order valence-electron chi connectivity index (χ3n) is 1.72. The Morgan fingerprint density at radius 1 is 1.00 bits per heavy atom. The Hall–Kier alpha value is 1.10. The van der Waals surface area contributed by atoms with Gasteiger partial charge in [0.2, 0.25) is 0 Å². The van der Waals surface area contributed by atoms with Crippen molar-refractivity contribution < 1.29 is 32.7 Å². The molecule has 0 atom stereocenters. The van der Waals surface area contributed by atoms with Gasteiger partial charge in [0.25, 0.3) is 0 Å². The molecule has 0 aliphatic heterocycles. The van der Waals surface area contributed by atoms with Gasteiger partial charge in [0.05, 0.1) is 0 Å². The molecule has 0 amide bonds. The molecule has 1 heteroatoms. The van der Waals surface area contributed by atoms with Crippen molar-refractivity contribution in [1.29, 1.82) is 0 Å². The fourth-order valence-corrected chi connectivity index (χ4v) is 1.19. The van der Waals surface area contributed by atoms with E-state index in [1.54, 1.807) is 0 Å². The van der Waals surface area contributed by atoms with Gasteiger partial charge in [-0.15, -0.1) is 0 Å². The average Bonchev–Trinajstić information content (AvgIpc) is 1.69. The smallest absolute Gasteiger partial charge is 0 e. The molecule has 0 saturated heterocycles. The maximum Gasteiger partial charge on any atom is 0 e. The summed E-state index contributed by atoms with van der Waals surface area (Å²) in [7, 11) is 0. The van der Waals surface area contributed by atoms with E-state index in [9.17, 15) is 0 Å². The SMILES string of the molecule is [CH2-]C1CCCCC1.[Y]. The number of hydrogen-bond donors (Lipinski definition) is 0. The molecule has 1 fully saturated rings. The van der Waals surface area contributed by atoms with E-state index in [0.29, 0.717) is 0 Å². The van der Waals surface area contributed by atoms with E-state index in [2.05, 4.69) is 6.92 Å². The third kappa shape index (κ3) is 3.19. The first-order valence-corrected chi connectivity index (χ1v) is 3.22. The molecule has 0 aromatic rings. The van der Waals surface area contributed by atoms with Gasteiger partial charge in [0, 0.05) is 32.7 Å². The zero-order valence-electron chi connectivity index (χ0n) is 5.40. The normalized spacial score (nSPS) is 22.1. The molecule has 1 radical (unpaired) electrons. The van der Waals surface area contributed by atoms with Crippen molar-refractivity contribution in [2.24, 2.45) is 5.92 Å². The maximum absolute atomic E-state index is 4.00. The van der Waals surface area contributed by atoms with E-state index >= 15 is 0 Å². The van der Waals surface area contributed by atoms with Crippen molar-refractivity contribution in [3.63, 3.8) is 0 Å². The third-order valence-corrected chi connectivity index (χ3v) is 1.72. The number of hydrogen-bond acceptors (Lipinski definition) is 0. The van der Waals surface area contributed by atoms with E-state index in [4.69, 9.17) is 0 Å². The molecular formula is C7H13Y-. The van der Waals surface area contributed by atoms with Crippen LogP contribution < -0.4 is 0 Å². The van der Waals surface area contributed by atoms with Crippen LogP contribution in [-0.2, 0) is 32.7 Å². The Morgan fingerprint density at radius 2 is 1.50 bits per heavy atom. The summed E-state index contributed by atoms with van der Waals surface area (Å²) in [4.78, 5) is 0. The molecule has 1 aliphatic carbocycles. The summed E-state index contributed by atoms with van der Waals surface area (Å²) in [6.07, 6.45) is 7.05. The van der Waals surface area contributed by atoms with Gasteiger partial charge < -0.3 is 6.92 Å². The Labute approximate surface area is 77.3 Å². The molecule has 0 N–H and O–H groups in total. The molecule has 8 heavy (non-hydrogen) atoms. The second-order valence-corrected chi connectivity index (χ2v) is 2.50. The fourth-order valence-electron chi connectivity index (χ4n) is 1.19. The molecule has 0 aromatic heterocycles. The first-order chi connectivity index (χ1) is 3.39. The van der Waals surface area contributed by atoms with Crippen LogP contribution in [0.15, 0.2) is 0 Å². The summed E-state index contributed by atoms with van der Waals surface area (Å²) in [5.41, 5.74) is 0. The van der Waals surface area contributed by atoms with E-state index in [1.165, 1.54) is 32.1 Å². The van der Waals surface area contributed by atoms with Gasteiger partial charge in [0.1, 0.15) is 0 Å². The Kier molecular flexibility index (Phi) is 5.62. The molecule has 1 rings (SSSR count). The fraction of sp³-hybridized carbons (Fsp3) is 0.857. The van der Waals surface area contributed by atoms with Crippen molar-refractivity contribution in [2.75, 3.05) is 0 Å². The second kappa shape index (κ2) is 4.93. The average molecular weight is 186 g/mol. The summed E-state index contributed by atoms with van der Waals surface area (Å²) >= 11 is 0. The molecule has 45 valence electrons. The van der Waals surface area contributed by atoms with E-state index < -0.39 is 0 Å². The van der Waals surface area contributed by atoms with Crippen LogP contribution in [-0.4, -0.2) is 0 Å². The Morgan fingerprint density at radius 3 is 1.75 bits per heavy atom.